The first-order valence-corrected chi connectivity index (χ1v) is 7.71. The second kappa shape index (κ2) is 4.66. The topological polar surface area (TPSA) is 81.4 Å². The monoisotopic (exact) mass is 276 g/mol. The van der Waals surface area contributed by atoms with Crippen molar-refractivity contribution in [3.05, 3.63) is 16.3 Å². The quantitative estimate of drug-likeness (QED) is 0.846. The van der Waals surface area contributed by atoms with Crippen LogP contribution in [-0.4, -0.2) is 27.2 Å². The van der Waals surface area contributed by atoms with E-state index in [4.69, 9.17) is 10.5 Å². The van der Waals surface area contributed by atoms with Gasteiger partial charge in [0.25, 0.3) is 0 Å². The van der Waals surface area contributed by atoms with Crippen LogP contribution in [0, 0.1) is 0 Å². The Morgan fingerprint density at radius 1 is 1.65 bits per heavy atom. The minimum Gasteiger partial charge on any atom is -0.379 e. The van der Waals surface area contributed by atoms with Crippen molar-refractivity contribution in [3.63, 3.8) is 0 Å². The highest BCUT2D eigenvalue weighted by atomic mass is 32.2. The fraction of sp³-hybridized carbons (Fsp3) is 0.600. The highest BCUT2D eigenvalue weighted by Gasteiger charge is 2.34. The smallest absolute Gasteiger partial charge is 0.241 e. The molecule has 1 unspecified atom stereocenters. The van der Waals surface area contributed by atoms with Gasteiger partial charge >= 0.3 is 0 Å². The molecule has 1 aliphatic rings. The van der Waals surface area contributed by atoms with Gasteiger partial charge in [0.1, 0.15) is 0 Å². The van der Waals surface area contributed by atoms with E-state index in [1.807, 2.05) is 6.92 Å². The second-order valence-corrected chi connectivity index (χ2v) is 7.10. The standard InChI is InChI=1S/C10H16N2O3S2/c1-10(2-3-15-7-10)12-17(13,14)9-4-8(5-11)16-6-9/h4,6,12H,2-3,5,7,11H2,1H3. The molecule has 0 radical (unpaired) electrons. The van der Waals surface area contributed by atoms with E-state index in [0.717, 1.165) is 4.88 Å². The lowest BCUT2D eigenvalue weighted by atomic mass is 10.0. The van der Waals surface area contributed by atoms with Crippen molar-refractivity contribution >= 4 is 21.4 Å². The van der Waals surface area contributed by atoms with Crippen molar-refractivity contribution in [2.45, 2.75) is 30.3 Å². The number of sulfonamides is 1. The average Bonchev–Trinajstić information content (AvgIpc) is 2.85. The Morgan fingerprint density at radius 3 is 2.94 bits per heavy atom. The van der Waals surface area contributed by atoms with Gasteiger partial charge in [-0.2, -0.15) is 0 Å². The summed E-state index contributed by atoms with van der Waals surface area (Å²) in [6.45, 7) is 3.23. The summed E-state index contributed by atoms with van der Waals surface area (Å²) in [5.74, 6) is 0. The number of hydrogen-bond acceptors (Lipinski definition) is 5. The van der Waals surface area contributed by atoms with E-state index < -0.39 is 15.6 Å². The summed E-state index contributed by atoms with van der Waals surface area (Å²) in [6.07, 6.45) is 0.695. The van der Waals surface area contributed by atoms with Gasteiger partial charge in [-0.05, 0) is 19.4 Å². The van der Waals surface area contributed by atoms with E-state index in [1.54, 1.807) is 11.4 Å². The molecule has 1 aliphatic heterocycles. The van der Waals surface area contributed by atoms with Crippen molar-refractivity contribution in [1.82, 2.24) is 4.72 Å². The molecule has 3 N–H and O–H groups in total. The van der Waals surface area contributed by atoms with Gasteiger partial charge in [0, 0.05) is 23.4 Å². The fourth-order valence-electron chi connectivity index (χ4n) is 1.74. The van der Waals surface area contributed by atoms with E-state index in [9.17, 15) is 8.42 Å². The Balaban J connectivity index is 2.18. The van der Waals surface area contributed by atoms with E-state index in [0.29, 0.717) is 26.2 Å². The molecule has 5 nitrogen and oxygen atoms in total. The first-order chi connectivity index (χ1) is 7.95. The molecule has 0 saturated carbocycles. The van der Waals surface area contributed by atoms with Crippen LogP contribution in [0.1, 0.15) is 18.2 Å². The molecule has 96 valence electrons. The van der Waals surface area contributed by atoms with Gasteiger partial charge < -0.3 is 10.5 Å². The molecule has 0 aliphatic carbocycles. The predicted octanol–water partition coefficient (Wildman–Crippen LogP) is 0.664. The largest absolute Gasteiger partial charge is 0.379 e. The molecule has 0 spiro atoms. The highest BCUT2D eigenvalue weighted by molar-refractivity contribution is 7.89. The third-order valence-corrected chi connectivity index (χ3v) is 5.47. The van der Waals surface area contributed by atoms with Gasteiger partial charge in [0.2, 0.25) is 10.0 Å². The number of nitrogens with two attached hydrogens (primary N) is 1. The van der Waals surface area contributed by atoms with Crippen LogP contribution in [0.5, 0.6) is 0 Å². The van der Waals surface area contributed by atoms with E-state index in [-0.39, 0.29) is 4.90 Å². The van der Waals surface area contributed by atoms with Gasteiger partial charge in [-0.3, -0.25) is 0 Å². The van der Waals surface area contributed by atoms with Crippen LogP contribution in [-0.2, 0) is 21.3 Å². The molecule has 0 amide bonds. The number of ether oxygens (including phenoxy) is 1. The first kappa shape index (κ1) is 13.0. The first-order valence-electron chi connectivity index (χ1n) is 5.34. The van der Waals surface area contributed by atoms with Crippen LogP contribution < -0.4 is 10.5 Å². The van der Waals surface area contributed by atoms with E-state index in [2.05, 4.69) is 4.72 Å². The van der Waals surface area contributed by atoms with Gasteiger partial charge in [-0.1, -0.05) is 0 Å². The molecule has 0 bridgehead atoms. The van der Waals surface area contributed by atoms with Crippen molar-refractivity contribution in [1.29, 1.82) is 0 Å². The van der Waals surface area contributed by atoms with Gasteiger partial charge in [0.15, 0.2) is 0 Å². The van der Waals surface area contributed by atoms with Crippen LogP contribution >= 0.6 is 11.3 Å². The Morgan fingerprint density at radius 2 is 2.41 bits per heavy atom. The summed E-state index contributed by atoms with van der Waals surface area (Å²) in [7, 11) is -3.47. The zero-order valence-corrected chi connectivity index (χ0v) is 11.2. The van der Waals surface area contributed by atoms with Crippen molar-refractivity contribution in [3.8, 4) is 0 Å². The molecule has 7 heteroatoms. The average molecular weight is 276 g/mol. The predicted molar refractivity (Wildman–Crippen MR) is 66.4 cm³/mol. The highest BCUT2D eigenvalue weighted by Crippen LogP contribution is 2.24. The third kappa shape index (κ3) is 2.86. The Labute approximate surface area is 105 Å². The van der Waals surface area contributed by atoms with Crippen LogP contribution in [0.15, 0.2) is 16.3 Å². The van der Waals surface area contributed by atoms with Crippen molar-refractivity contribution in [2.24, 2.45) is 5.73 Å². The SMILES string of the molecule is CC1(NS(=O)(=O)c2csc(CN)c2)CCOC1. The summed E-state index contributed by atoms with van der Waals surface area (Å²) in [5, 5.41) is 1.61. The molecule has 1 saturated heterocycles. The fourth-order valence-corrected chi connectivity index (χ4v) is 4.32. The number of hydrogen-bond donors (Lipinski definition) is 2. The minimum atomic E-state index is -3.47. The summed E-state index contributed by atoms with van der Waals surface area (Å²) >= 11 is 1.36. The van der Waals surface area contributed by atoms with Crippen LogP contribution in [0.25, 0.3) is 0 Å². The Bertz CT molecular complexity index is 489. The summed E-state index contributed by atoms with van der Waals surface area (Å²) in [6, 6.07) is 1.62. The lowest BCUT2D eigenvalue weighted by Crippen LogP contribution is -2.46. The van der Waals surface area contributed by atoms with Crippen LogP contribution in [0.3, 0.4) is 0 Å². The molecule has 1 aromatic heterocycles. The molecule has 17 heavy (non-hydrogen) atoms. The number of thiophene rings is 1. The van der Waals surface area contributed by atoms with Gasteiger partial charge in [0.05, 0.1) is 17.0 Å². The van der Waals surface area contributed by atoms with E-state index in [1.165, 1.54) is 11.3 Å². The maximum atomic E-state index is 12.1. The Hall–Kier alpha value is -0.470. The number of rotatable bonds is 4. The molecule has 2 heterocycles. The molecule has 2 rings (SSSR count). The second-order valence-electron chi connectivity index (χ2n) is 4.42. The molecule has 1 fully saturated rings. The van der Waals surface area contributed by atoms with E-state index >= 15 is 0 Å². The van der Waals surface area contributed by atoms with Crippen molar-refractivity contribution < 1.29 is 13.2 Å². The van der Waals surface area contributed by atoms with Gasteiger partial charge in [-0.15, -0.1) is 11.3 Å². The number of nitrogens with one attached hydrogen (secondary N) is 1. The van der Waals surface area contributed by atoms with Crippen LogP contribution in [0.2, 0.25) is 0 Å². The minimum absolute atomic E-state index is 0.288. The normalized spacial score (nSPS) is 25.3. The zero-order chi connectivity index (χ0) is 12.5. The molecular formula is C10H16N2O3S2. The summed E-state index contributed by atoms with van der Waals surface area (Å²) in [5.41, 5.74) is 4.97. The molecule has 1 atom stereocenters. The van der Waals surface area contributed by atoms with Crippen molar-refractivity contribution in [2.75, 3.05) is 13.2 Å². The summed E-state index contributed by atoms with van der Waals surface area (Å²) < 4.78 is 32.2. The molecule has 0 aromatic carbocycles. The third-order valence-electron chi connectivity index (χ3n) is 2.74. The maximum Gasteiger partial charge on any atom is 0.241 e. The summed E-state index contributed by atoms with van der Waals surface area (Å²) in [4.78, 5) is 1.15. The molecule has 1 aromatic rings. The lowest BCUT2D eigenvalue weighted by molar-refractivity contribution is 0.178. The van der Waals surface area contributed by atoms with Gasteiger partial charge in [-0.25, -0.2) is 13.1 Å². The zero-order valence-electron chi connectivity index (χ0n) is 9.60. The van der Waals surface area contributed by atoms with Crippen LogP contribution in [0.4, 0.5) is 0 Å². The lowest BCUT2D eigenvalue weighted by Gasteiger charge is -2.22. The maximum absolute atomic E-state index is 12.1. The molecular weight excluding hydrogens is 260 g/mol. The Kier molecular flexibility index (Phi) is 3.55.